The molecule has 0 saturated carbocycles. The molecule has 0 heterocycles. The molecule has 4 nitrogen and oxygen atoms in total. The molecule has 0 radical (unpaired) electrons. The van der Waals surface area contributed by atoms with E-state index in [1.165, 1.54) is 70.6 Å². The van der Waals surface area contributed by atoms with Crippen molar-refractivity contribution in [1.82, 2.24) is 0 Å². The van der Waals surface area contributed by atoms with Gasteiger partial charge in [-0.2, -0.15) is 0 Å². The molecule has 0 aromatic carbocycles. The summed E-state index contributed by atoms with van der Waals surface area (Å²) >= 11 is 0. The third kappa shape index (κ3) is 15.6. The molecule has 0 aliphatic rings. The molecule has 0 aliphatic carbocycles. The normalized spacial score (nSPS) is 11.6. The van der Waals surface area contributed by atoms with Crippen LogP contribution in [-0.2, 0) is 9.59 Å². The Morgan fingerprint density at radius 2 is 1.12 bits per heavy atom. The minimum Gasteiger partial charge on any atom is -0.478 e. The molecule has 140 valence electrons. The maximum atomic E-state index is 10.9. The van der Waals surface area contributed by atoms with Crippen LogP contribution in [0.25, 0.3) is 0 Å². The van der Waals surface area contributed by atoms with Crippen LogP contribution in [-0.4, -0.2) is 17.0 Å². The van der Waals surface area contributed by atoms with E-state index in [0.717, 1.165) is 25.3 Å². The number of carboxylic acid groups (broad SMARTS) is 1. The summed E-state index contributed by atoms with van der Waals surface area (Å²) in [6.45, 7) is 2.25. The van der Waals surface area contributed by atoms with E-state index in [-0.39, 0.29) is 5.57 Å². The first-order chi connectivity index (χ1) is 11.6. The van der Waals surface area contributed by atoms with E-state index in [9.17, 15) is 9.59 Å². The van der Waals surface area contributed by atoms with Crippen LogP contribution in [0.1, 0.15) is 103 Å². The van der Waals surface area contributed by atoms with Gasteiger partial charge in [0.2, 0.25) is 5.91 Å². The standard InChI is InChI=1S/C20H37NO3/c1-2-3-4-5-6-7-8-9-10-11-12-13-14-15-16-18(20(23)24)17-19(21)22/h17H,2-16H2,1H3,(H2,21,22)(H,23,24)/b18-17-. The Balaban J connectivity index is 3.36. The predicted molar refractivity (Wildman–Crippen MR) is 99.8 cm³/mol. The molecule has 0 fully saturated rings. The zero-order valence-electron chi connectivity index (χ0n) is 15.5. The fraction of sp³-hybridized carbons (Fsp3) is 0.800. The van der Waals surface area contributed by atoms with Gasteiger partial charge in [-0.05, 0) is 12.8 Å². The minimum absolute atomic E-state index is 0.126. The van der Waals surface area contributed by atoms with Crippen molar-refractivity contribution in [2.24, 2.45) is 5.73 Å². The number of primary amides is 1. The van der Waals surface area contributed by atoms with Crippen molar-refractivity contribution in [2.45, 2.75) is 103 Å². The van der Waals surface area contributed by atoms with Crippen LogP contribution in [0.15, 0.2) is 11.6 Å². The fourth-order valence-electron chi connectivity index (χ4n) is 2.92. The summed E-state index contributed by atoms with van der Waals surface area (Å²) in [7, 11) is 0. The van der Waals surface area contributed by atoms with Crippen molar-refractivity contribution in [3.05, 3.63) is 11.6 Å². The highest BCUT2D eigenvalue weighted by molar-refractivity contribution is 5.96. The molecule has 0 unspecified atom stereocenters. The fourth-order valence-corrected chi connectivity index (χ4v) is 2.92. The van der Waals surface area contributed by atoms with Gasteiger partial charge in [-0.25, -0.2) is 4.79 Å². The number of rotatable bonds is 17. The lowest BCUT2D eigenvalue weighted by atomic mass is 10.0. The van der Waals surface area contributed by atoms with Gasteiger partial charge in [0, 0.05) is 11.6 Å². The summed E-state index contributed by atoms with van der Waals surface area (Å²) in [6.07, 6.45) is 19.2. The summed E-state index contributed by atoms with van der Waals surface area (Å²) in [4.78, 5) is 21.7. The molecule has 4 heteroatoms. The topological polar surface area (TPSA) is 80.4 Å². The van der Waals surface area contributed by atoms with Gasteiger partial charge in [0.25, 0.3) is 0 Å². The van der Waals surface area contributed by atoms with Gasteiger partial charge in [-0.15, -0.1) is 0 Å². The largest absolute Gasteiger partial charge is 0.478 e. The van der Waals surface area contributed by atoms with E-state index in [1.54, 1.807) is 0 Å². The van der Waals surface area contributed by atoms with E-state index < -0.39 is 11.9 Å². The Morgan fingerprint density at radius 3 is 1.46 bits per heavy atom. The Bertz CT molecular complexity index is 364. The van der Waals surface area contributed by atoms with Crippen LogP contribution < -0.4 is 5.73 Å². The van der Waals surface area contributed by atoms with Crippen LogP contribution in [0.3, 0.4) is 0 Å². The summed E-state index contributed by atoms with van der Waals surface area (Å²) < 4.78 is 0. The highest BCUT2D eigenvalue weighted by Crippen LogP contribution is 2.14. The van der Waals surface area contributed by atoms with E-state index in [2.05, 4.69) is 6.92 Å². The molecule has 0 atom stereocenters. The number of aliphatic carboxylic acids is 1. The number of carboxylic acids is 1. The number of carbonyl (C=O) groups excluding carboxylic acids is 1. The highest BCUT2D eigenvalue weighted by Gasteiger charge is 2.08. The molecule has 0 bridgehead atoms. The summed E-state index contributed by atoms with van der Waals surface area (Å²) in [5.74, 6) is -1.72. The van der Waals surface area contributed by atoms with Crippen LogP contribution in [0.2, 0.25) is 0 Å². The van der Waals surface area contributed by atoms with Crippen LogP contribution in [0.4, 0.5) is 0 Å². The van der Waals surface area contributed by atoms with Crippen LogP contribution in [0, 0.1) is 0 Å². The van der Waals surface area contributed by atoms with Crippen molar-refractivity contribution < 1.29 is 14.7 Å². The van der Waals surface area contributed by atoms with Gasteiger partial charge in [-0.1, -0.05) is 90.4 Å². The number of carbonyl (C=O) groups is 2. The van der Waals surface area contributed by atoms with Gasteiger partial charge in [0.05, 0.1) is 0 Å². The monoisotopic (exact) mass is 339 g/mol. The lowest BCUT2D eigenvalue weighted by molar-refractivity contribution is -0.133. The van der Waals surface area contributed by atoms with Crippen molar-refractivity contribution in [3.8, 4) is 0 Å². The zero-order chi connectivity index (χ0) is 18.0. The summed E-state index contributed by atoms with van der Waals surface area (Å²) in [6, 6.07) is 0. The molecule has 0 aromatic heterocycles. The first-order valence-corrected chi connectivity index (χ1v) is 9.81. The minimum atomic E-state index is -1.04. The zero-order valence-corrected chi connectivity index (χ0v) is 15.5. The average molecular weight is 340 g/mol. The third-order valence-electron chi connectivity index (χ3n) is 4.39. The van der Waals surface area contributed by atoms with E-state index >= 15 is 0 Å². The van der Waals surface area contributed by atoms with E-state index in [1.807, 2.05) is 0 Å². The Hall–Kier alpha value is -1.32. The molecule has 0 aromatic rings. The Morgan fingerprint density at radius 1 is 0.750 bits per heavy atom. The lowest BCUT2D eigenvalue weighted by Crippen LogP contribution is -2.11. The summed E-state index contributed by atoms with van der Waals surface area (Å²) in [5.41, 5.74) is 5.13. The molecule has 0 spiro atoms. The number of amides is 1. The number of unbranched alkanes of at least 4 members (excludes halogenated alkanes) is 13. The average Bonchev–Trinajstić information content (AvgIpc) is 2.53. The van der Waals surface area contributed by atoms with Crippen molar-refractivity contribution >= 4 is 11.9 Å². The number of hydrogen-bond acceptors (Lipinski definition) is 2. The van der Waals surface area contributed by atoms with Gasteiger partial charge in [0.1, 0.15) is 0 Å². The molecular weight excluding hydrogens is 302 g/mol. The number of hydrogen-bond donors (Lipinski definition) is 2. The molecule has 3 N–H and O–H groups in total. The molecule has 0 rings (SSSR count). The Labute approximate surface area is 147 Å². The highest BCUT2D eigenvalue weighted by atomic mass is 16.4. The molecule has 0 saturated heterocycles. The lowest BCUT2D eigenvalue weighted by Gasteiger charge is -2.04. The second-order valence-electron chi connectivity index (χ2n) is 6.72. The SMILES string of the molecule is CCCCCCCCCCCCCCCC/C(=C/C(N)=O)C(=O)O. The third-order valence-corrected chi connectivity index (χ3v) is 4.39. The first-order valence-electron chi connectivity index (χ1n) is 9.81. The van der Waals surface area contributed by atoms with Gasteiger partial charge < -0.3 is 10.8 Å². The summed E-state index contributed by atoms with van der Waals surface area (Å²) in [5, 5.41) is 8.95. The maximum absolute atomic E-state index is 10.9. The number of nitrogens with two attached hydrogens (primary N) is 1. The smallest absolute Gasteiger partial charge is 0.331 e. The van der Waals surface area contributed by atoms with Gasteiger partial charge in [-0.3, -0.25) is 4.79 Å². The van der Waals surface area contributed by atoms with E-state index in [4.69, 9.17) is 10.8 Å². The van der Waals surface area contributed by atoms with E-state index in [0.29, 0.717) is 6.42 Å². The van der Waals surface area contributed by atoms with Crippen LogP contribution in [0.5, 0.6) is 0 Å². The van der Waals surface area contributed by atoms with Gasteiger partial charge >= 0.3 is 5.97 Å². The Kier molecular flexibility index (Phi) is 15.6. The van der Waals surface area contributed by atoms with Crippen LogP contribution >= 0.6 is 0 Å². The second kappa shape index (κ2) is 16.5. The quantitative estimate of drug-likeness (QED) is 0.277. The molecule has 24 heavy (non-hydrogen) atoms. The first kappa shape index (κ1) is 22.7. The second-order valence-corrected chi connectivity index (χ2v) is 6.72. The van der Waals surface area contributed by atoms with Gasteiger partial charge in [0.15, 0.2) is 0 Å². The predicted octanol–water partition coefficient (Wildman–Crippen LogP) is 5.35. The maximum Gasteiger partial charge on any atom is 0.331 e. The van der Waals surface area contributed by atoms with Crippen molar-refractivity contribution in [2.75, 3.05) is 0 Å². The molecule has 0 aliphatic heterocycles. The molecular formula is C20H37NO3. The molecule has 1 amide bonds. The van der Waals surface area contributed by atoms with Crippen molar-refractivity contribution in [3.63, 3.8) is 0 Å². The van der Waals surface area contributed by atoms with Crippen molar-refractivity contribution in [1.29, 1.82) is 0 Å².